The van der Waals surface area contributed by atoms with Crippen LogP contribution < -0.4 is 5.32 Å². The van der Waals surface area contributed by atoms with Crippen molar-refractivity contribution in [2.75, 3.05) is 25.1 Å². The molecule has 0 bridgehead atoms. The molecule has 0 unspecified atom stereocenters. The van der Waals surface area contributed by atoms with Gasteiger partial charge >= 0.3 is 0 Å². The standard InChI is InChI=1S/C11H17N3O/c1-3-11(14-13-7-1)12-6-2-8-15-9-10-4-5-10/h1,3,7,10H,2,4-6,8-9H2,(H,12,14). The van der Waals surface area contributed by atoms with Gasteiger partial charge in [-0.05, 0) is 37.3 Å². The van der Waals surface area contributed by atoms with E-state index in [-0.39, 0.29) is 0 Å². The van der Waals surface area contributed by atoms with E-state index in [2.05, 4.69) is 15.5 Å². The van der Waals surface area contributed by atoms with Gasteiger partial charge in [-0.1, -0.05) is 0 Å². The smallest absolute Gasteiger partial charge is 0.148 e. The van der Waals surface area contributed by atoms with Crippen molar-refractivity contribution in [1.29, 1.82) is 0 Å². The van der Waals surface area contributed by atoms with Crippen LogP contribution in [0.4, 0.5) is 5.82 Å². The molecule has 4 nitrogen and oxygen atoms in total. The van der Waals surface area contributed by atoms with Gasteiger partial charge < -0.3 is 10.1 Å². The first-order valence-electron chi connectivity index (χ1n) is 5.54. The Morgan fingerprint density at radius 1 is 1.47 bits per heavy atom. The SMILES string of the molecule is c1cnnc(NCCCOCC2CC2)c1. The quantitative estimate of drug-likeness (QED) is 0.691. The summed E-state index contributed by atoms with van der Waals surface area (Å²) in [4.78, 5) is 0. The molecule has 0 atom stereocenters. The van der Waals surface area contributed by atoms with Crippen molar-refractivity contribution < 1.29 is 4.74 Å². The van der Waals surface area contributed by atoms with E-state index >= 15 is 0 Å². The topological polar surface area (TPSA) is 47.0 Å². The number of anilines is 1. The first-order valence-corrected chi connectivity index (χ1v) is 5.54. The van der Waals surface area contributed by atoms with Gasteiger partial charge in [-0.25, -0.2) is 0 Å². The zero-order valence-corrected chi connectivity index (χ0v) is 8.85. The molecular formula is C11H17N3O. The van der Waals surface area contributed by atoms with Gasteiger partial charge in [0, 0.05) is 26.0 Å². The van der Waals surface area contributed by atoms with E-state index in [0.717, 1.165) is 37.9 Å². The maximum absolute atomic E-state index is 5.52. The Morgan fingerprint density at radius 2 is 2.40 bits per heavy atom. The summed E-state index contributed by atoms with van der Waals surface area (Å²) in [5.74, 6) is 1.69. The lowest BCUT2D eigenvalue weighted by atomic mass is 10.4. The second kappa shape index (κ2) is 5.66. The number of hydrogen-bond donors (Lipinski definition) is 1. The molecule has 1 N–H and O–H groups in total. The summed E-state index contributed by atoms with van der Waals surface area (Å²) in [5.41, 5.74) is 0. The third-order valence-corrected chi connectivity index (χ3v) is 2.39. The second-order valence-electron chi connectivity index (χ2n) is 3.91. The molecule has 0 aromatic carbocycles. The summed E-state index contributed by atoms with van der Waals surface area (Å²) in [6.45, 7) is 2.68. The molecule has 1 aromatic rings. The van der Waals surface area contributed by atoms with Gasteiger partial charge in [0.25, 0.3) is 0 Å². The number of aromatic nitrogens is 2. The Morgan fingerprint density at radius 3 is 3.13 bits per heavy atom. The molecule has 1 aliphatic rings. The van der Waals surface area contributed by atoms with Crippen LogP contribution in [-0.4, -0.2) is 30.0 Å². The summed E-state index contributed by atoms with van der Waals surface area (Å²) < 4.78 is 5.52. The predicted octanol–water partition coefficient (Wildman–Crippen LogP) is 1.71. The largest absolute Gasteiger partial charge is 0.381 e. The predicted molar refractivity (Wildman–Crippen MR) is 58.7 cm³/mol. The Bertz CT molecular complexity index is 274. The molecule has 0 amide bonds. The van der Waals surface area contributed by atoms with Gasteiger partial charge in [-0.3, -0.25) is 0 Å². The molecule has 1 heterocycles. The Balaban J connectivity index is 1.47. The first kappa shape index (κ1) is 10.4. The van der Waals surface area contributed by atoms with Gasteiger partial charge in [0.2, 0.25) is 0 Å². The summed E-state index contributed by atoms with van der Waals surface area (Å²) >= 11 is 0. The fraction of sp³-hybridized carbons (Fsp3) is 0.636. The van der Waals surface area contributed by atoms with Gasteiger partial charge in [0.05, 0.1) is 0 Å². The van der Waals surface area contributed by atoms with E-state index in [1.54, 1.807) is 6.20 Å². The summed E-state index contributed by atoms with van der Waals surface area (Å²) in [6, 6.07) is 3.79. The molecule has 0 aliphatic heterocycles. The van der Waals surface area contributed by atoms with E-state index in [4.69, 9.17) is 4.74 Å². The van der Waals surface area contributed by atoms with Crippen molar-refractivity contribution in [3.63, 3.8) is 0 Å². The van der Waals surface area contributed by atoms with E-state index in [0.29, 0.717) is 0 Å². The van der Waals surface area contributed by atoms with Gasteiger partial charge in [0.15, 0.2) is 0 Å². The maximum Gasteiger partial charge on any atom is 0.148 e. The van der Waals surface area contributed by atoms with Crippen molar-refractivity contribution in [3.05, 3.63) is 18.3 Å². The minimum atomic E-state index is 0.833. The molecule has 1 saturated carbocycles. The van der Waals surface area contributed by atoms with Crippen molar-refractivity contribution in [2.45, 2.75) is 19.3 Å². The highest BCUT2D eigenvalue weighted by molar-refractivity contribution is 5.30. The van der Waals surface area contributed by atoms with Crippen LogP contribution in [0.3, 0.4) is 0 Å². The van der Waals surface area contributed by atoms with Crippen LogP contribution in [-0.2, 0) is 4.74 Å². The molecule has 0 radical (unpaired) electrons. The maximum atomic E-state index is 5.52. The molecule has 0 spiro atoms. The van der Waals surface area contributed by atoms with Crippen LogP contribution in [0, 0.1) is 5.92 Å². The molecule has 82 valence electrons. The second-order valence-corrected chi connectivity index (χ2v) is 3.91. The fourth-order valence-electron chi connectivity index (χ4n) is 1.32. The lowest BCUT2D eigenvalue weighted by Crippen LogP contribution is -2.08. The number of nitrogens with zero attached hydrogens (tertiary/aromatic N) is 2. The number of rotatable bonds is 7. The van der Waals surface area contributed by atoms with E-state index < -0.39 is 0 Å². The van der Waals surface area contributed by atoms with E-state index in [1.165, 1.54) is 12.8 Å². The highest BCUT2D eigenvalue weighted by Crippen LogP contribution is 2.28. The van der Waals surface area contributed by atoms with Gasteiger partial charge in [-0.2, -0.15) is 5.10 Å². The van der Waals surface area contributed by atoms with Crippen LogP contribution in [0.5, 0.6) is 0 Å². The van der Waals surface area contributed by atoms with Crippen LogP contribution in [0.25, 0.3) is 0 Å². The van der Waals surface area contributed by atoms with Crippen molar-refractivity contribution in [2.24, 2.45) is 5.92 Å². The number of nitrogens with one attached hydrogen (secondary N) is 1. The zero-order chi connectivity index (χ0) is 10.3. The molecule has 2 rings (SSSR count). The summed E-state index contributed by atoms with van der Waals surface area (Å²) in [5, 5.41) is 10.9. The molecule has 1 fully saturated rings. The van der Waals surface area contributed by atoms with E-state index in [1.807, 2.05) is 12.1 Å². The highest BCUT2D eigenvalue weighted by atomic mass is 16.5. The van der Waals surface area contributed by atoms with Gasteiger partial charge in [-0.15, -0.1) is 5.10 Å². The lowest BCUT2D eigenvalue weighted by molar-refractivity contribution is 0.124. The van der Waals surface area contributed by atoms with Crippen molar-refractivity contribution in [3.8, 4) is 0 Å². The fourth-order valence-corrected chi connectivity index (χ4v) is 1.32. The molecular weight excluding hydrogens is 190 g/mol. The van der Waals surface area contributed by atoms with Crippen LogP contribution in [0.1, 0.15) is 19.3 Å². The first-order chi connectivity index (χ1) is 7.45. The normalized spacial score (nSPS) is 15.2. The Hall–Kier alpha value is -1.16. The third-order valence-electron chi connectivity index (χ3n) is 2.39. The monoisotopic (exact) mass is 207 g/mol. The summed E-state index contributed by atoms with van der Waals surface area (Å²) in [7, 11) is 0. The molecule has 4 heteroatoms. The van der Waals surface area contributed by atoms with Crippen LogP contribution >= 0.6 is 0 Å². The van der Waals surface area contributed by atoms with Crippen LogP contribution in [0.2, 0.25) is 0 Å². The van der Waals surface area contributed by atoms with Crippen molar-refractivity contribution in [1.82, 2.24) is 10.2 Å². The van der Waals surface area contributed by atoms with Gasteiger partial charge in [0.1, 0.15) is 5.82 Å². The Kier molecular flexibility index (Phi) is 3.91. The minimum Gasteiger partial charge on any atom is -0.381 e. The Labute approximate surface area is 90.1 Å². The third kappa shape index (κ3) is 4.25. The van der Waals surface area contributed by atoms with E-state index in [9.17, 15) is 0 Å². The molecule has 0 saturated heterocycles. The molecule has 1 aliphatic carbocycles. The van der Waals surface area contributed by atoms with Crippen molar-refractivity contribution >= 4 is 5.82 Å². The van der Waals surface area contributed by atoms with Crippen LogP contribution in [0.15, 0.2) is 18.3 Å². The molecule has 15 heavy (non-hydrogen) atoms. The molecule has 1 aromatic heterocycles. The number of ether oxygens (including phenoxy) is 1. The minimum absolute atomic E-state index is 0.833. The number of hydrogen-bond acceptors (Lipinski definition) is 4. The zero-order valence-electron chi connectivity index (χ0n) is 8.85. The highest BCUT2D eigenvalue weighted by Gasteiger charge is 2.20. The summed E-state index contributed by atoms with van der Waals surface area (Å²) in [6.07, 6.45) is 5.41. The lowest BCUT2D eigenvalue weighted by Gasteiger charge is -2.05. The average molecular weight is 207 g/mol. The average Bonchev–Trinajstić information content (AvgIpc) is 3.09.